The number of nitrogens with zero attached hydrogens (tertiary/aromatic N) is 2. The molecule has 3 aromatic rings. The molecule has 6 heteroatoms. The average molecular weight is 472 g/mol. The summed E-state index contributed by atoms with van der Waals surface area (Å²) in [6, 6.07) is 19.1. The minimum atomic E-state index is -0.479. The number of hydrogen-bond acceptors (Lipinski definition) is 6. The van der Waals surface area contributed by atoms with E-state index in [4.69, 9.17) is 13.9 Å². The van der Waals surface area contributed by atoms with Crippen LogP contribution in [0.15, 0.2) is 59.1 Å². The molecule has 0 spiro atoms. The average Bonchev–Trinajstić information content (AvgIpc) is 3.38. The van der Waals surface area contributed by atoms with Gasteiger partial charge < -0.3 is 19.2 Å². The minimum absolute atomic E-state index is 0.148. The summed E-state index contributed by atoms with van der Waals surface area (Å²) >= 11 is 0. The van der Waals surface area contributed by atoms with Crippen LogP contribution in [0.3, 0.4) is 0 Å². The van der Waals surface area contributed by atoms with Gasteiger partial charge in [0.15, 0.2) is 5.76 Å². The van der Waals surface area contributed by atoms with Crippen LogP contribution in [0.4, 0.5) is 5.69 Å². The van der Waals surface area contributed by atoms with Gasteiger partial charge in [0, 0.05) is 23.2 Å². The van der Waals surface area contributed by atoms with E-state index in [2.05, 4.69) is 52.8 Å². The second-order valence-electron chi connectivity index (χ2n) is 10.5. The number of anilines is 1. The first kappa shape index (κ1) is 23.4. The molecule has 0 unspecified atom stereocenters. The Morgan fingerprint density at radius 3 is 2.54 bits per heavy atom. The highest BCUT2D eigenvalue weighted by Gasteiger charge is 2.50. The van der Waals surface area contributed by atoms with Gasteiger partial charge in [-0.3, -0.25) is 0 Å². The van der Waals surface area contributed by atoms with Gasteiger partial charge >= 0.3 is 6.08 Å². The first-order valence-electron chi connectivity index (χ1n) is 12.5. The van der Waals surface area contributed by atoms with Crippen LogP contribution >= 0.6 is 0 Å². The van der Waals surface area contributed by atoms with E-state index in [1.165, 1.54) is 5.56 Å². The van der Waals surface area contributed by atoms with Crippen molar-refractivity contribution in [2.24, 2.45) is 5.41 Å². The molecule has 0 atom stereocenters. The standard InChI is InChI=1S/C29H33N3O3/c1-4-33-26-31-17-25(35-26)21-6-5-7-24(16-21)32-19-28-12-14-29(15-13-28,34-20-28)23-10-8-22(9-11-23)27(2,3)18-30/h5-11,16-17,32H,4,12-15,19-20H2,1-3H3. The zero-order valence-electron chi connectivity index (χ0n) is 20.8. The predicted octanol–water partition coefficient (Wildman–Crippen LogP) is 6.44. The van der Waals surface area contributed by atoms with Crippen molar-refractivity contribution in [3.63, 3.8) is 0 Å². The lowest BCUT2D eigenvalue weighted by molar-refractivity contribution is -0.185. The van der Waals surface area contributed by atoms with E-state index in [0.29, 0.717) is 18.4 Å². The van der Waals surface area contributed by atoms with Crippen molar-refractivity contribution in [3.05, 3.63) is 65.9 Å². The summed E-state index contributed by atoms with van der Waals surface area (Å²) in [6.07, 6.45) is 6.30. The van der Waals surface area contributed by atoms with Gasteiger partial charge in [-0.15, -0.1) is 0 Å². The van der Waals surface area contributed by atoms with Crippen LogP contribution in [0.25, 0.3) is 11.3 Å². The molecule has 2 aliphatic heterocycles. The van der Waals surface area contributed by atoms with E-state index < -0.39 is 5.41 Å². The Kier molecular flexibility index (Phi) is 6.06. The molecular weight excluding hydrogens is 438 g/mol. The second-order valence-corrected chi connectivity index (χ2v) is 10.5. The molecule has 1 aliphatic carbocycles. The summed E-state index contributed by atoms with van der Waals surface area (Å²) in [6.45, 7) is 7.98. The molecule has 3 aliphatic rings. The van der Waals surface area contributed by atoms with Crippen LogP contribution in [0.2, 0.25) is 0 Å². The lowest BCUT2D eigenvalue weighted by Crippen LogP contribution is -2.51. The van der Waals surface area contributed by atoms with Crippen LogP contribution < -0.4 is 10.1 Å². The van der Waals surface area contributed by atoms with Crippen LogP contribution in [0.1, 0.15) is 57.6 Å². The van der Waals surface area contributed by atoms with Crippen molar-refractivity contribution in [1.29, 1.82) is 5.26 Å². The molecular formula is C29H33N3O3. The Balaban J connectivity index is 1.22. The lowest BCUT2D eigenvalue weighted by Gasteiger charge is -2.53. The SMILES string of the molecule is CCOc1ncc(-c2cccc(NCC34CCC(c5ccc(C(C)(C)C#N)cc5)(CC3)OC4)c2)o1. The van der Waals surface area contributed by atoms with Gasteiger partial charge in [0.05, 0.1) is 36.5 Å². The van der Waals surface area contributed by atoms with Crippen molar-refractivity contribution in [2.45, 2.75) is 57.5 Å². The van der Waals surface area contributed by atoms with Gasteiger partial charge in [-0.2, -0.15) is 10.2 Å². The minimum Gasteiger partial charge on any atom is -0.450 e. The molecule has 6 rings (SSSR count). The molecule has 35 heavy (non-hydrogen) atoms. The molecule has 6 nitrogen and oxygen atoms in total. The molecule has 1 N–H and O–H groups in total. The maximum absolute atomic E-state index is 9.43. The molecule has 0 radical (unpaired) electrons. The number of ether oxygens (including phenoxy) is 2. The second kappa shape index (κ2) is 9.05. The lowest BCUT2D eigenvalue weighted by atomic mass is 9.64. The molecule has 3 fully saturated rings. The summed E-state index contributed by atoms with van der Waals surface area (Å²) in [5.74, 6) is 0.697. The van der Waals surface area contributed by atoms with E-state index in [1.54, 1.807) is 6.20 Å². The van der Waals surface area contributed by atoms with Crippen molar-refractivity contribution in [2.75, 3.05) is 25.1 Å². The molecule has 2 aromatic carbocycles. The third kappa shape index (κ3) is 4.53. The Morgan fingerprint density at radius 1 is 1.11 bits per heavy atom. The van der Waals surface area contributed by atoms with E-state index >= 15 is 0 Å². The predicted molar refractivity (Wildman–Crippen MR) is 135 cm³/mol. The first-order valence-corrected chi connectivity index (χ1v) is 12.5. The number of fused-ring (bicyclic) bond motifs is 3. The highest BCUT2D eigenvalue weighted by atomic mass is 16.6. The van der Waals surface area contributed by atoms with Crippen molar-refractivity contribution in [3.8, 4) is 23.5 Å². The van der Waals surface area contributed by atoms with E-state index in [9.17, 15) is 5.26 Å². The Morgan fingerprint density at radius 2 is 1.89 bits per heavy atom. The van der Waals surface area contributed by atoms with Gasteiger partial charge in [-0.05, 0) is 69.7 Å². The molecule has 1 saturated carbocycles. The fourth-order valence-electron chi connectivity index (χ4n) is 5.27. The first-order chi connectivity index (χ1) is 16.9. The van der Waals surface area contributed by atoms with Crippen LogP contribution in [0.5, 0.6) is 6.08 Å². The molecule has 1 aromatic heterocycles. The van der Waals surface area contributed by atoms with Gasteiger partial charge in [0.25, 0.3) is 0 Å². The number of rotatable bonds is 8. The normalized spacial score (nSPS) is 23.6. The number of aromatic nitrogens is 1. The van der Waals surface area contributed by atoms with Crippen molar-refractivity contribution >= 4 is 5.69 Å². The molecule has 182 valence electrons. The number of benzene rings is 2. The quantitative estimate of drug-likeness (QED) is 0.407. The van der Waals surface area contributed by atoms with Gasteiger partial charge in [-0.25, -0.2) is 0 Å². The van der Waals surface area contributed by atoms with Crippen LogP contribution in [-0.2, 0) is 15.8 Å². The third-order valence-electron chi connectivity index (χ3n) is 7.75. The zero-order chi connectivity index (χ0) is 24.5. The molecule has 3 heterocycles. The maximum atomic E-state index is 9.43. The van der Waals surface area contributed by atoms with Crippen LogP contribution in [-0.4, -0.2) is 24.7 Å². The Labute approximate surface area is 207 Å². The molecule has 2 saturated heterocycles. The Hall–Kier alpha value is -3.30. The summed E-state index contributed by atoms with van der Waals surface area (Å²) in [4.78, 5) is 4.17. The Bertz CT molecular complexity index is 1200. The van der Waals surface area contributed by atoms with Crippen LogP contribution in [0, 0.1) is 16.7 Å². The summed E-state index contributed by atoms with van der Waals surface area (Å²) in [5, 5.41) is 13.1. The summed E-state index contributed by atoms with van der Waals surface area (Å²) < 4.78 is 17.6. The highest BCUT2D eigenvalue weighted by molar-refractivity contribution is 5.63. The highest BCUT2D eigenvalue weighted by Crippen LogP contribution is 2.53. The number of nitriles is 1. The smallest absolute Gasteiger partial charge is 0.394 e. The fraction of sp³-hybridized carbons (Fsp3) is 0.448. The van der Waals surface area contributed by atoms with Gasteiger partial charge in [-0.1, -0.05) is 36.4 Å². The number of oxazole rings is 1. The van der Waals surface area contributed by atoms with E-state index in [0.717, 1.165) is 55.6 Å². The topological polar surface area (TPSA) is 80.3 Å². The molecule has 2 bridgehead atoms. The number of hydrogen-bond donors (Lipinski definition) is 1. The summed E-state index contributed by atoms with van der Waals surface area (Å²) in [7, 11) is 0. The molecule has 0 amide bonds. The summed E-state index contributed by atoms with van der Waals surface area (Å²) in [5.41, 5.74) is 3.79. The van der Waals surface area contributed by atoms with E-state index in [-0.39, 0.29) is 11.0 Å². The largest absolute Gasteiger partial charge is 0.450 e. The monoisotopic (exact) mass is 471 g/mol. The van der Waals surface area contributed by atoms with Crippen molar-refractivity contribution in [1.82, 2.24) is 4.98 Å². The van der Waals surface area contributed by atoms with Gasteiger partial charge in [0.1, 0.15) is 0 Å². The maximum Gasteiger partial charge on any atom is 0.394 e. The van der Waals surface area contributed by atoms with E-state index in [1.807, 2.05) is 32.9 Å². The van der Waals surface area contributed by atoms with Crippen molar-refractivity contribution < 1.29 is 13.9 Å². The third-order valence-corrected chi connectivity index (χ3v) is 7.75. The zero-order valence-corrected chi connectivity index (χ0v) is 20.8. The number of nitrogens with one attached hydrogen (secondary N) is 1. The fourth-order valence-corrected chi connectivity index (χ4v) is 5.27. The van der Waals surface area contributed by atoms with Gasteiger partial charge in [0.2, 0.25) is 0 Å².